The molecule has 1 heteroatoms. The molecule has 1 saturated heterocycles. The van der Waals surface area contributed by atoms with E-state index < -0.39 is 0 Å². The van der Waals surface area contributed by atoms with Gasteiger partial charge in [0, 0.05) is 6.04 Å². The molecule has 0 aromatic heterocycles. The van der Waals surface area contributed by atoms with Crippen LogP contribution in [0.2, 0.25) is 0 Å². The van der Waals surface area contributed by atoms with Gasteiger partial charge in [-0.25, -0.2) is 0 Å². The van der Waals surface area contributed by atoms with Gasteiger partial charge in [0.2, 0.25) is 0 Å². The van der Waals surface area contributed by atoms with E-state index in [1.165, 1.54) is 64.5 Å². The van der Waals surface area contributed by atoms with Crippen molar-refractivity contribution in [3.63, 3.8) is 0 Å². The van der Waals surface area contributed by atoms with Gasteiger partial charge < -0.3 is 4.90 Å². The van der Waals surface area contributed by atoms with Crippen LogP contribution in [0.15, 0.2) is 0 Å². The van der Waals surface area contributed by atoms with Crippen molar-refractivity contribution in [2.45, 2.75) is 110 Å². The molecule has 0 N–H and O–H groups in total. The van der Waals surface area contributed by atoms with Gasteiger partial charge in [-0.2, -0.15) is 0 Å². The summed E-state index contributed by atoms with van der Waals surface area (Å²) < 4.78 is 0. The molecule has 24 heavy (non-hydrogen) atoms. The maximum absolute atomic E-state index is 2.88. The van der Waals surface area contributed by atoms with Gasteiger partial charge in [0.05, 0.1) is 0 Å². The summed E-state index contributed by atoms with van der Waals surface area (Å²) in [5, 5.41) is 0. The Bertz CT molecular complexity index is 294. The highest BCUT2D eigenvalue weighted by atomic mass is 15.2. The highest BCUT2D eigenvalue weighted by Crippen LogP contribution is 2.42. The number of likely N-dealkylation sites (tertiary alicyclic amines) is 1. The average molecular weight is 334 g/mol. The van der Waals surface area contributed by atoms with Crippen molar-refractivity contribution in [3.8, 4) is 0 Å². The lowest BCUT2D eigenvalue weighted by Gasteiger charge is -2.43. The highest BCUT2D eigenvalue weighted by molar-refractivity contribution is 4.86. The Morgan fingerprint density at radius 1 is 0.583 bits per heavy atom. The van der Waals surface area contributed by atoms with E-state index in [0.29, 0.717) is 0 Å². The molecule has 3 fully saturated rings. The second-order valence-electron chi connectivity index (χ2n) is 9.41. The smallest absolute Gasteiger partial charge is 0.00954 e. The Morgan fingerprint density at radius 2 is 1.04 bits per heavy atom. The fraction of sp³-hybridized carbons (Fsp3) is 1.00. The standard InChI is InChI=1S/C23H43N/c1-3-5-19-7-9-21(10-8-19)22-11-13-23(14-12-22)24-17-15-20(6-4-2)16-18-24/h19-23H,3-18H2,1-2H3. The Hall–Kier alpha value is -0.0400. The van der Waals surface area contributed by atoms with Gasteiger partial charge in [-0.05, 0) is 88.1 Å². The summed E-state index contributed by atoms with van der Waals surface area (Å²) in [5.41, 5.74) is 0. The highest BCUT2D eigenvalue weighted by Gasteiger charge is 2.33. The first kappa shape index (κ1) is 18.7. The van der Waals surface area contributed by atoms with E-state index in [1.807, 2.05) is 0 Å². The molecule has 0 spiro atoms. The zero-order chi connectivity index (χ0) is 16.8. The number of nitrogens with zero attached hydrogens (tertiary/aromatic N) is 1. The Balaban J connectivity index is 1.36. The molecule has 0 unspecified atom stereocenters. The maximum Gasteiger partial charge on any atom is 0.00954 e. The van der Waals surface area contributed by atoms with Gasteiger partial charge in [0.1, 0.15) is 0 Å². The van der Waals surface area contributed by atoms with Crippen molar-refractivity contribution in [1.82, 2.24) is 4.90 Å². The fourth-order valence-electron chi connectivity index (χ4n) is 6.31. The number of hydrogen-bond donors (Lipinski definition) is 0. The van der Waals surface area contributed by atoms with Crippen molar-refractivity contribution in [3.05, 3.63) is 0 Å². The molecular weight excluding hydrogens is 290 g/mol. The van der Waals surface area contributed by atoms with E-state index in [4.69, 9.17) is 0 Å². The van der Waals surface area contributed by atoms with Crippen LogP contribution >= 0.6 is 0 Å². The molecule has 1 aliphatic heterocycles. The Labute approximate surface area is 152 Å². The van der Waals surface area contributed by atoms with Crippen LogP contribution in [0.25, 0.3) is 0 Å². The average Bonchev–Trinajstić information content (AvgIpc) is 2.64. The molecule has 2 saturated carbocycles. The summed E-state index contributed by atoms with van der Waals surface area (Å²) in [6.07, 6.45) is 21.0. The summed E-state index contributed by atoms with van der Waals surface area (Å²) in [5.74, 6) is 4.30. The molecule has 0 atom stereocenters. The third kappa shape index (κ3) is 4.99. The van der Waals surface area contributed by atoms with Crippen LogP contribution in [-0.4, -0.2) is 24.0 Å². The van der Waals surface area contributed by atoms with E-state index in [-0.39, 0.29) is 0 Å². The summed E-state index contributed by atoms with van der Waals surface area (Å²) in [7, 11) is 0. The molecular formula is C23H43N. The largest absolute Gasteiger partial charge is 0.300 e. The molecule has 0 radical (unpaired) electrons. The molecule has 0 aromatic rings. The second kappa shape index (κ2) is 9.60. The third-order valence-corrected chi connectivity index (χ3v) is 7.86. The van der Waals surface area contributed by atoms with Crippen LogP contribution in [0, 0.1) is 23.7 Å². The molecule has 140 valence electrons. The van der Waals surface area contributed by atoms with Crippen molar-refractivity contribution in [2.24, 2.45) is 23.7 Å². The Morgan fingerprint density at radius 3 is 1.54 bits per heavy atom. The predicted octanol–water partition coefficient (Wildman–Crippen LogP) is 6.66. The topological polar surface area (TPSA) is 3.24 Å². The molecule has 0 bridgehead atoms. The summed E-state index contributed by atoms with van der Waals surface area (Å²) in [4.78, 5) is 2.88. The van der Waals surface area contributed by atoms with Crippen LogP contribution in [0.1, 0.15) is 104 Å². The second-order valence-corrected chi connectivity index (χ2v) is 9.41. The van der Waals surface area contributed by atoms with Gasteiger partial charge in [-0.1, -0.05) is 52.4 Å². The quantitative estimate of drug-likeness (QED) is 0.525. The van der Waals surface area contributed by atoms with Gasteiger partial charge in [0.25, 0.3) is 0 Å². The Kier molecular flexibility index (Phi) is 7.50. The van der Waals surface area contributed by atoms with Crippen molar-refractivity contribution in [2.75, 3.05) is 13.1 Å². The maximum atomic E-state index is 2.88. The summed E-state index contributed by atoms with van der Waals surface area (Å²) in [6, 6.07) is 0.945. The molecule has 1 nitrogen and oxygen atoms in total. The van der Waals surface area contributed by atoms with E-state index in [2.05, 4.69) is 18.7 Å². The fourth-order valence-corrected chi connectivity index (χ4v) is 6.31. The van der Waals surface area contributed by atoms with Crippen LogP contribution < -0.4 is 0 Å². The SMILES string of the molecule is CCCC1CCC(C2CCC(N3CCC(CCC)CC3)CC2)CC1. The molecule has 3 aliphatic rings. The van der Waals surface area contributed by atoms with Crippen LogP contribution in [0.4, 0.5) is 0 Å². The molecule has 2 aliphatic carbocycles. The van der Waals surface area contributed by atoms with Gasteiger partial charge in [-0.3, -0.25) is 0 Å². The molecule has 1 heterocycles. The minimum absolute atomic E-state index is 0.945. The first-order valence-corrected chi connectivity index (χ1v) is 11.5. The number of hydrogen-bond acceptors (Lipinski definition) is 1. The third-order valence-electron chi connectivity index (χ3n) is 7.86. The van der Waals surface area contributed by atoms with Crippen molar-refractivity contribution in [1.29, 1.82) is 0 Å². The minimum Gasteiger partial charge on any atom is -0.300 e. The van der Waals surface area contributed by atoms with Crippen molar-refractivity contribution >= 4 is 0 Å². The zero-order valence-corrected chi connectivity index (χ0v) is 16.6. The van der Waals surface area contributed by atoms with E-state index in [9.17, 15) is 0 Å². The zero-order valence-electron chi connectivity index (χ0n) is 16.6. The summed E-state index contributed by atoms with van der Waals surface area (Å²) in [6.45, 7) is 7.52. The lowest BCUT2D eigenvalue weighted by molar-refractivity contribution is 0.0721. The normalized spacial score (nSPS) is 36.8. The molecule has 3 rings (SSSR count). The van der Waals surface area contributed by atoms with E-state index in [0.717, 1.165) is 29.7 Å². The van der Waals surface area contributed by atoms with Crippen LogP contribution in [0.3, 0.4) is 0 Å². The number of rotatable bonds is 6. The van der Waals surface area contributed by atoms with Gasteiger partial charge in [-0.15, -0.1) is 0 Å². The summed E-state index contributed by atoms with van der Waals surface area (Å²) >= 11 is 0. The van der Waals surface area contributed by atoms with E-state index >= 15 is 0 Å². The monoisotopic (exact) mass is 333 g/mol. The first-order valence-electron chi connectivity index (χ1n) is 11.5. The van der Waals surface area contributed by atoms with E-state index in [1.54, 1.807) is 38.5 Å². The lowest BCUT2D eigenvalue weighted by Crippen LogP contribution is -2.43. The van der Waals surface area contributed by atoms with Crippen LogP contribution in [0.5, 0.6) is 0 Å². The van der Waals surface area contributed by atoms with Crippen molar-refractivity contribution < 1.29 is 0 Å². The first-order chi connectivity index (χ1) is 11.8. The minimum atomic E-state index is 0.945. The number of piperidine rings is 1. The molecule has 0 aromatic carbocycles. The van der Waals surface area contributed by atoms with Gasteiger partial charge in [0.15, 0.2) is 0 Å². The molecule has 0 amide bonds. The van der Waals surface area contributed by atoms with Crippen LogP contribution in [-0.2, 0) is 0 Å². The predicted molar refractivity (Wildman–Crippen MR) is 105 cm³/mol. The van der Waals surface area contributed by atoms with Gasteiger partial charge >= 0.3 is 0 Å². The lowest BCUT2D eigenvalue weighted by atomic mass is 9.69.